The third kappa shape index (κ3) is 4.25. The third-order valence-electron chi connectivity index (χ3n) is 6.67. The molecular weight excluding hydrogens is 402 g/mol. The minimum Gasteiger partial charge on any atom is -0.497 e. The number of hydrogen-bond donors (Lipinski definition) is 0. The van der Waals surface area contributed by atoms with E-state index < -0.39 is 0 Å². The molecule has 32 heavy (non-hydrogen) atoms. The SMILES string of the molecule is COc1ccc(N2CCN([C@H]3CCCN(C(=O)c4ccc5nccnc5c4)C3)CC2)cc1. The predicted molar refractivity (Wildman–Crippen MR) is 125 cm³/mol. The molecule has 0 spiro atoms. The standard InChI is InChI=1S/C25H29N5O2/c1-32-22-7-5-20(6-8-22)28-13-15-29(16-14-28)21-3-2-12-30(18-21)25(31)19-4-9-23-24(17-19)27-11-10-26-23/h4-11,17,21H,2-3,12-16,18H2,1H3/t21-/m0/s1. The average molecular weight is 432 g/mol. The minimum absolute atomic E-state index is 0.0964. The Bertz CT molecular complexity index is 1080. The second kappa shape index (κ2) is 9.12. The topological polar surface area (TPSA) is 61.8 Å². The van der Waals surface area contributed by atoms with Gasteiger partial charge in [-0.05, 0) is 55.3 Å². The van der Waals surface area contributed by atoms with E-state index in [9.17, 15) is 4.79 Å². The van der Waals surface area contributed by atoms with Crippen molar-refractivity contribution in [2.45, 2.75) is 18.9 Å². The van der Waals surface area contributed by atoms with Crippen LogP contribution in [-0.4, -0.2) is 78.1 Å². The second-order valence-electron chi connectivity index (χ2n) is 8.53. The zero-order valence-corrected chi connectivity index (χ0v) is 18.5. The number of benzene rings is 2. The minimum atomic E-state index is 0.0964. The first-order valence-corrected chi connectivity index (χ1v) is 11.3. The number of anilines is 1. The Kier molecular flexibility index (Phi) is 5.90. The van der Waals surface area contributed by atoms with Crippen molar-refractivity contribution in [3.05, 3.63) is 60.4 Å². The number of hydrogen-bond acceptors (Lipinski definition) is 6. The quantitative estimate of drug-likeness (QED) is 0.633. The van der Waals surface area contributed by atoms with Gasteiger partial charge in [-0.2, -0.15) is 0 Å². The van der Waals surface area contributed by atoms with Crippen LogP contribution in [0.25, 0.3) is 11.0 Å². The Morgan fingerprint density at radius 3 is 2.44 bits per heavy atom. The summed E-state index contributed by atoms with van der Waals surface area (Å²) in [6.45, 7) is 5.65. The average Bonchev–Trinajstić information content (AvgIpc) is 2.88. The number of carbonyl (C=O) groups is 1. The van der Waals surface area contributed by atoms with Gasteiger partial charge in [0.05, 0.1) is 18.1 Å². The molecule has 0 bridgehead atoms. The number of rotatable bonds is 4. The first kappa shape index (κ1) is 20.7. The summed E-state index contributed by atoms with van der Waals surface area (Å²) in [6, 6.07) is 14.3. The van der Waals surface area contributed by atoms with Gasteiger partial charge in [-0.25, -0.2) is 0 Å². The van der Waals surface area contributed by atoms with E-state index >= 15 is 0 Å². The molecule has 7 heteroatoms. The fourth-order valence-corrected chi connectivity index (χ4v) is 4.85. The molecule has 0 unspecified atom stereocenters. The highest BCUT2D eigenvalue weighted by Gasteiger charge is 2.30. The number of amides is 1. The van der Waals surface area contributed by atoms with E-state index in [-0.39, 0.29) is 5.91 Å². The molecule has 3 aromatic rings. The van der Waals surface area contributed by atoms with Crippen molar-refractivity contribution in [2.24, 2.45) is 0 Å². The van der Waals surface area contributed by atoms with Crippen molar-refractivity contribution in [2.75, 3.05) is 51.3 Å². The number of piperidine rings is 1. The molecule has 2 fully saturated rings. The molecule has 5 rings (SSSR count). The second-order valence-corrected chi connectivity index (χ2v) is 8.53. The highest BCUT2D eigenvalue weighted by Crippen LogP contribution is 2.24. The van der Waals surface area contributed by atoms with E-state index in [0.29, 0.717) is 11.6 Å². The summed E-state index contributed by atoms with van der Waals surface area (Å²) in [7, 11) is 1.69. The maximum atomic E-state index is 13.2. The van der Waals surface area contributed by atoms with E-state index in [4.69, 9.17) is 4.74 Å². The van der Waals surface area contributed by atoms with Crippen LogP contribution in [0.1, 0.15) is 23.2 Å². The summed E-state index contributed by atoms with van der Waals surface area (Å²) in [6.07, 6.45) is 5.53. The van der Waals surface area contributed by atoms with Gasteiger partial charge < -0.3 is 14.5 Å². The van der Waals surface area contributed by atoms with Crippen molar-refractivity contribution in [1.82, 2.24) is 19.8 Å². The number of methoxy groups -OCH3 is 1. The Balaban J connectivity index is 1.20. The zero-order valence-electron chi connectivity index (χ0n) is 18.5. The van der Waals surface area contributed by atoms with Gasteiger partial charge >= 0.3 is 0 Å². The van der Waals surface area contributed by atoms with Gasteiger partial charge in [-0.3, -0.25) is 19.7 Å². The van der Waals surface area contributed by atoms with E-state index in [2.05, 4.69) is 31.9 Å². The lowest BCUT2D eigenvalue weighted by atomic mass is 10.0. The predicted octanol–water partition coefficient (Wildman–Crippen LogP) is 3.07. The van der Waals surface area contributed by atoms with Crippen molar-refractivity contribution >= 4 is 22.6 Å². The lowest BCUT2D eigenvalue weighted by Crippen LogP contribution is -2.55. The Morgan fingerprint density at radius 1 is 0.938 bits per heavy atom. The summed E-state index contributed by atoms with van der Waals surface area (Å²) in [5.41, 5.74) is 3.52. The van der Waals surface area contributed by atoms with Crippen LogP contribution in [0.3, 0.4) is 0 Å². The number of piperazine rings is 1. The monoisotopic (exact) mass is 431 g/mol. The molecule has 1 atom stereocenters. The highest BCUT2D eigenvalue weighted by atomic mass is 16.5. The maximum Gasteiger partial charge on any atom is 0.253 e. The lowest BCUT2D eigenvalue weighted by Gasteiger charge is -2.44. The van der Waals surface area contributed by atoms with Gasteiger partial charge in [0.25, 0.3) is 5.91 Å². The Morgan fingerprint density at radius 2 is 1.69 bits per heavy atom. The molecule has 7 nitrogen and oxygen atoms in total. The number of carbonyl (C=O) groups excluding carboxylic acids is 1. The van der Waals surface area contributed by atoms with Crippen LogP contribution in [0.2, 0.25) is 0 Å². The molecular formula is C25H29N5O2. The number of likely N-dealkylation sites (tertiary alicyclic amines) is 1. The molecule has 2 saturated heterocycles. The van der Waals surface area contributed by atoms with E-state index in [1.165, 1.54) is 5.69 Å². The van der Waals surface area contributed by atoms with Crippen molar-refractivity contribution < 1.29 is 9.53 Å². The van der Waals surface area contributed by atoms with Crippen molar-refractivity contribution in [3.63, 3.8) is 0 Å². The van der Waals surface area contributed by atoms with E-state index in [1.807, 2.05) is 35.2 Å². The first-order chi connectivity index (χ1) is 15.7. The van der Waals surface area contributed by atoms with Crippen LogP contribution >= 0.6 is 0 Å². The van der Waals surface area contributed by atoms with Crippen LogP contribution in [0.4, 0.5) is 5.69 Å². The molecule has 2 aliphatic rings. The van der Waals surface area contributed by atoms with Gasteiger partial charge in [0, 0.05) is 69.0 Å². The molecule has 0 N–H and O–H groups in total. The van der Waals surface area contributed by atoms with Crippen LogP contribution in [0.15, 0.2) is 54.9 Å². The van der Waals surface area contributed by atoms with Crippen molar-refractivity contribution in [1.29, 1.82) is 0 Å². The summed E-state index contributed by atoms with van der Waals surface area (Å²) < 4.78 is 5.27. The molecule has 3 heterocycles. The molecule has 0 aliphatic carbocycles. The fourth-order valence-electron chi connectivity index (χ4n) is 4.85. The summed E-state index contributed by atoms with van der Waals surface area (Å²) in [5, 5.41) is 0. The zero-order chi connectivity index (χ0) is 21.9. The number of nitrogens with zero attached hydrogens (tertiary/aromatic N) is 5. The molecule has 1 amide bonds. The van der Waals surface area contributed by atoms with Crippen LogP contribution in [-0.2, 0) is 0 Å². The normalized spacial score (nSPS) is 19.8. The largest absolute Gasteiger partial charge is 0.497 e. The Labute approximate surface area is 188 Å². The molecule has 2 aliphatic heterocycles. The first-order valence-electron chi connectivity index (χ1n) is 11.3. The number of aromatic nitrogens is 2. The molecule has 1 aromatic heterocycles. The summed E-state index contributed by atoms with van der Waals surface area (Å²) in [4.78, 5) is 28.9. The van der Waals surface area contributed by atoms with E-state index in [1.54, 1.807) is 19.5 Å². The molecule has 2 aromatic carbocycles. The molecule has 0 saturated carbocycles. The van der Waals surface area contributed by atoms with Crippen LogP contribution in [0, 0.1) is 0 Å². The van der Waals surface area contributed by atoms with Crippen molar-refractivity contribution in [3.8, 4) is 5.75 Å². The van der Waals surface area contributed by atoms with Gasteiger partial charge in [0.2, 0.25) is 0 Å². The highest BCUT2D eigenvalue weighted by molar-refractivity contribution is 5.97. The number of ether oxygens (including phenoxy) is 1. The smallest absolute Gasteiger partial charge is 0.253 e. The molecule has 166 valence electrons. The fraction of sp³-hybridized carbons (Fsp3) is 0.400. The lowest BCUT2D eigenvalue weighted by molar-refractivity contribution is 0.0563. The maximum absolute atomic E-state index is 13.2. The third-order valence-corrected chi connectivity index (χ3v) is 6.67. The van der Waals surface area contributed by atoms with E-state index in [0.717, 1.165) is 68.9 Å². The van der Waals surface area contributed by atoms with Gasteiger partial charge in [-0.1, -0.05) is 0 Å². The van der Waals surface area contributed by atoms with Gasteiger partial charge in [0.1, 0.15) is 5.75 Å². The van der Waals surface area contributed by atoms with Crippen LogP contribution < -0.4 is 9.64 Å². The van der Waals surface area contributed by atoms with Crippen LogP contribution in [0.5, 0.6) is 5.75 Å². The molecule has 0 radical (unpaired) electrons. The van der Waals surface area contributed by atoms with Gasteiger partial charge in [-0.15, -0.1) is 0 Å². The number of fused-ring (bicyclic) bond motifs is 1. The summed E-state index contributed by atoms with van der Waals surface area (Å²) in [5.74, 6) is 0.983. The summed E-state index contributed by atoms with van der Waals surface area (Å²) >= 11 is 0. The van der Waals surface area contributed by atoms with Gasteiger partial charge in [0.15, 0.2) is 0 Å². The Hall–Kier alpha value is -3.19.